The van der Waals surface area contributed by atoms with E-state index in [9.17, 15) is 0 Å². The number of anilines is 1. The number of methoxy groups -OCH3 is 1. The third-order valence-corrected chi connectivity index (χ3v) is 3.28. The first-order valence-electron chi connectivity index (χ1n) is 6.05. The second kappa shape index (κ2) is 5.47. The van der Waals surface area contributed by atoms with Crippen LogP contribution in [0.3, 0.4) is 0 Å². The van der Waals surface area contributed by atoms with E-state index in [-0.39, 0.29) is 6.61 Å². The van der Waals surface area contributed by atoms with E-state index in [0.29, 0.717) is 5.92 Å². The van der Waals surface area contributed by atoms with Gasteiger partial charge in [-0.15, -0.1) is 0 Å². The first kappa shape index (κ1) is 12.3. The number of hydrogen-bond donors (Lipinski definition) is 1. The molecule has 94 valence electrons. The van der Waals surface area contributed by atoms with E-state index >= 15 is 0 Å². The third kappa shape index (κ3) is 2.76. The Morgan fingerprint density at radius 3 is 3.06 bits per heavy atom. The van der Waals surface area contributed by atoms with E-state index in [1.54, 1.807) is 13.3 Å². The SMILES string of the molecule is COCC1CCN(c2ncc(CO)cc2C)C1. The molecule has 0 bridgehead atoms. The maximum Gasteiger partial charge on any atom is 0.131 e. The quantitative estimate of drug-likeness (QED) is 0.857. The minimum Gasteiger partial charge on any atom is -0.392 e. The lowest BCUT2D eigenvalue weighted by molar-refractivity contribution is 0.161. The number of nitrogens with zero attached hydrogens (tertiary/aromatic N) is 2. The second-order valence-electron chi connectivity index (χ2n) is 4.70. The molecule has 1 saturated heterocycles. The minimum absolute atomic E-state index is 0.0560. The topological polar surface area (TPSA) is 45.6 Å². The van der Waals surface area contributed by atoms with Crippen LogP contribution in [0.1, 0.15) is 17.5 Å². The van der Waals surface area contributed by atoms with Gasteiger partial charge >= 0.3 is 0 Å². The van der Waals surface area contributed by atoms with Crippen molar-refractivity contribution in [3.63, 3.8) is 0 Å². The Morgan fingerprint density at radius 1 is 1.59 bits per heavy atom. The summed E-state index contributed by atoms with van der Waals surface area (Å²) in [6.45, 7) is 4.98. The lowest BCUT2D eigenvalue weighted by atomic mass is 10.1. The first-order valence-corrected chi connectivity index (χ1v) is 6.05. The van der Waals surface area contributed by atoms with Crippen molar-refractivity contribution in [2.24, 2.45) is 5.92 Å². The molecule has 1 aliphatic rings. The normalized spacial score (nSPS) is 19.9. The number of aliphatic hydroxyl groups is 1. The van der Waals surface area contributed by atoms with E-state index in [2.05, 4.69) is 9.88 Å². The number of aryl methyl sites for hydroxylation is 1. The fraction of sp³-hybridized carbons (Fsp3) is 0.615. The second-order valence-corrected chi connectivity index (χ2v) is 4.70. The minimum atomic E-state index is 0.0560. The van der Waals surface area contributed by atoms with E-state index in [1.165, 1.54) is 0 Å². The Labute approximate surface area is 102 Å². The smallest absolute Gasteiger partial charge is 0.131 e. The Morgan fingerprint density at radius 2 is 2.41 bits per heavy atom. The molecular weight excluding hydrogens is 216 g/mol. The van der Waals surface area contributed by atoms with Gasteiger partial charge in [0.2, 0.25) is 0 Å². The number of ether oxygens (including phenoxy) is 1. The summed E-state index contributed by atoms with van der Waals surface area (Å²) in [5, 5.41) is 9.06. The summed E-state index contributed by atoms with van der Waals surface area (Å²) in [4.78, 5) is 6.76. The summed E-state index contributed by atoms with van der Waals surface area (Å²) in [5.74, 6) is 1.65. The molecule has 0 aliphatic carbocycles. The van der Waals surface area contributed by atoms with Gasteiger partial charge in [-0.05, 0) is 30.5 Å². The lowest BCUT2D eigenvalue weighted by Crippen LogP contribution is -2.23. The fourth-order valence-electron chi connectivity index (χ4n) is 2.44. The van der Waals surface area contributed by atoms with Crippen LogP contribution in [0.4, 0.5) is 5.82 Å². The van der Waals surface area contributed by atoms with Crippen LogP contribution in [0.5, 0.6) is 0 Å². The Bertz CT molecular complexity index is 382. The van der Waals surface area contributed by atoms with Gasteiger partial charge in [0, 0.05) is 32.3 Å². The maximum absolute atomic E-state index is 9.06. The summed E-state index contributed by atoms with van der Waals surface area (Å²) >= 11 is 0. The van der Waals surface area contributed by atoms with Crippen LogP contribution in [-0.4, -0.2) is 36.9 Å². The maximum atomic E-state index is 9.06. The van der Waals surface area contributed by atoms with Crippen LogP contribution in [0.25, 0.3) is 0 Å². The van der Waals surface area contributed by atoms with Crippen molar-refractivity contribution in [1.82, 2.24) is 4.98 Å². The average molecular weight is 236 g/mol. The molecule has 4 nitrogen and oxygen atoms in total. The molecule has 1 atom stereocenters. The zero-order valence-corrected chi connectivity index (χ0v) is 10.5. The van der Waals surface area contributed by atoms with Gasteiger partial charge in [0.25, 0.3) is 0 Å². The Kier molecular flexibility index (Phi) is 3.97. The molecular formula is C13H20N2O2. The van der Waals surface area contributed by atoms with Crippen LogP contribution in [0.15, 0.2) is 12.3 Å². The van der Waals surface area contributed by atoms with Gasteiger partial charge in [0.1, 0.15) is 5.82 Å². The van der Waals surface area contributed by atoms with Gasteiger partial charge in [0.15, 0.2) is 0 Å². The van der Waals surface area contributed by atoms with Crippen molar-refractivity contribution in [3.05, 3.63) is 23.4 Å². The monoisotopic (exact) mass is 236 g/mol. The van der Waals surface area contributed by atoms with Gasteiger partial charge < -0.3 is 14.7 Å². The largest absolute Gasteiger partial charge is 0.392 e. The van der Waals surface area contributed by atoms with Crippen molar-refractivity contribution >= 4 is 5.82 Å². The molecule has 1 aromatic heterocycles. The zero-order chi connectivity index (χ0) is 12.3. The zero-order valence-electron chi connectivity index (χ0n) is 10.5. The molecule has 1 fully saturated rings. The van der Waals surface area contributed by atoms with Crippen molar-refractivity contribution in [2.45, 2.75) is 20.0 Å². The number of aromatic nitrogens is 1. The molecule has 2 rings (SSSR count). The van der Waals surface area contributed by atoms with Gasteiger partial charge in [-0.3, -0.25) is 0 Å². The van der Waals surface area contributed by atoms with Gasteiger partial charge in [0.05, 0.1) is 13.2 Å². The standard InChI is InChI=1S/C13H20N2O2/c1-10-5-12(8-16)6-14-13(10)15-4-3-11(7-15)9-17-2/h5-6,11,16H,3-4,7-9H2,1-2H3. The molecule has 1 N–H and O–H groups in total. The van der Waals surface area contributed by atoms with E-state index in [1.807, 2.05) is 13.0 Å². The molecule has 0 saturated carbocycles. The highest BCUT2D eigenvalue weighted by atomic mass is 16.5. The predicted molar refractivity (Wildman–Crippen MR) is 67.1 cm³/mol. The van der Waals surface area contributed by atoms with Crippen molar-refractivity contribution < 1.29 is 9.84 Å². The molecule has 0 amide bonds. The highest BCUT2D eigenvalue weighted by Crippen LogP contribution is 2.25. The van der Waals surface area contributed by atoms with Crippen LogP contribution in [0, 0.1) is 12.8 Å². The van der Waals surface area contributed by atoms with Crippen LogP contribution in [0.2, 0.25) is 0 Å². The molecule has 0 radical (unpaired) electrons. The number of hydrogen-bond acceptors (Lipinski definition) is 4. The summed E-state index contributed by atoms with van der Waals surface area (Å²) in [7, 11) is 1.75. The third-order valence-electron chi connectivity index (χ3n) is 3.28. The Balaban J connectivity index is 2.08. The van der Waals surface area contributed by atoms with Crippen molar-refractivity contribution in [3.8, 4) is 0 Å². The van der Waals surface area contributed by atoms with Gasteiger partial charge in [-0.25, -0.2) is 4.98 Å². The highest BCUT2D eigenvalue weighted by molar-refractivity contribution is 5.48. The molecule has 1 aromatic rings. The van der Waals surface area contributed by atoms with E-state index in [4.69, 9.17) is 9.84 Å². The lowest BCUT2D eigenvalue weighted by Gasteiger charge is -2.20. The summed E-state index contributed by atoms with van der Waals surface area (Å²) in [5.41, 5.74) is 2.01. The summed E-state index contributed by atoms with van der Waals surface area (Å²) < 4.78 is 5.20. The van der Waals surface area contributed by atoms with Crippen molar-refractivity contribution in [2.75, 3.05) is 31.7 Å². The Hall–Kier alpha value is -1.13. The van der Waals surface area contributed by atoms with Crippen LogP contribution < -0.4 is 4.90 Å². The molecule has 1 aliphatic heterocycles. The van der Waals surface area contributed by atoms with Gasteiger partial charge in [-0.2, -0.15) is 0 Å². The highest BCUT2D eigenvalue weighted by Gasteiger charge is 2.24. The molecule has 4 heteroatoms. The molecule has 1 unspecified atom stereocenters. The first-order chi connectivity index (χ1) is 8.24. The van der Waals surface area contributed by atoms with E-state index < -0.39 is 0 Å². The van der Waals surface area contributed by atoms with E-state index in [0.717, 1.165) is 43.1 Å². The molecule has 0 spiro atoms. The predicted octanol–water partition coefficient (Wildman–Crippen LogP) is 1.36. The van der Waals surface area contributed by atoms with Gasteiger partial charge in [-0.1, -0.05) is 0 Å². The van der Waals surface area contributed by atoms with Crippen molar-refractivity contribution in [1.29, 1.82) is 0 Å². The summed E-state index contributed by atoms with van der Waals surface area (Å²) in [6, 6.07) is 2.01. The average Bonchev–Trinajstić information content (AvgIpc) is 2.78. The molecule has 0 aromatic carbocycles. The molecule has 17 heavy (non-hydrogen) atoms. The van der Waals surface area contributed by atoms with Crippen LogP contribution in [-0.2, 0) is 11.3 Å². The summed E-state index contributed by atoms with van der Waals surface area (Å²) in [6.07, 6.45) is 2.92. The fourth-order valence-corrected chi connectivity index (χ4v) is 2.44. The number of aliphatic hydroxyl groups excluding tert-OH is 1. The number of pyridine rings is 1. The molecule has 2 heterocycles. The number of rotatable bonds is 4. The van der Waals surface area contributed by atoms with Crippen LogP contribution >= 0.6 is 0 Å².